The SMILES string of the molecule is CCCCCCC(C)N[C@H](C)c1cccc(C)c1. The summed E-state index contributed by atoms with van der Waals surface area (Å²) < 4.78 is 0. The van der Waals surface area contributed by atoms with Gasteiger partial charge in [-0.15, -0.1) is 0 Å². The van der Waals surface area contributed by atoms with Gasteiger partial charge in [0.05, 0.1) is 0 Å². The molecule has 0 saturated carbocycles. The normalized spacial score (nSPS) is 14.4. The number of hydrogen-bond donors (Lipinski definition) is 1. The van der Waals surface area contributed by atoms with Gasteiger partial charge in [-0.1, -0.05) is 62.4 Å². The van der Waals surface area contributed by atoms with Crippen LogP contribution in [0, 0.1) is 6.92 Å². The van der Waals surface area contributed by atoms with Crippen LogP contribution in [0.5, 0.6) is 0 Å². The molecular weight excluding hydrogens is 218 g/mol. The van der Waals surface area contributed by atoms with Crippen LogP contribution in [0.2, 0.25) is 0 Å². The average Bonchev–Trinajstić information content (AvgIpc) is 2.34. The maximum absolute atomic E-state index is 3.70. The number of aryl methyl sites for hydroxylation is 1. The van der Waals surface area contributed by atoms with Gasteiger partial charge in [-0.3, -0.25) is 0 Å². The summed E-state index contributed by atoms with van der Waals surface area (Å²) in [6.07, 6.45) is 6.71. The Morgan fingerprint density at radius 2 is 1.89 bits per heavy atom. The monoisotopic (exact) mass is 247 g/mol. The van der Waals surface area contributed by atoms with Crippen LogP contribution in [-0.2, 0) is 0 Å². The Bertz CT molecular complexity index is 332. The largest absolute Gasteiger partial charge is 0.308 e. The highest BCUT2D eigenvalue weighted by Gasteiger charge is 2.09. The Balaban J connectivity index is 2.32. The molecule has 1 N–H and O–H groups in total. The van der Waals surface area contributed by atoms with Crippen LogP contribution >= 0.6 is 0 Å². The van der Waals surface area contributed by atoms with Crippen molar-refractivity contribution in [1.29, 1.82) is 0 Å². The van der Waals surface area contributed by atoms with E-state index in [1.165, 1.54) is 43.2 Å². The smallest absolute Gasteiger partial charge is 0.0294 e. The van der Waals surface area contributed by atoms with Gasteiger partial charge in [0.15, 0.2) is 0 Å². The molecule has 1 rings (SSSR count). The van der Waals surface area contributed by atoms with Crippen LogP contribution < -0.4 is 5.32 Å². The van der Waals surface area contributed by atoms with Crippen molar-refractivity contribution < 1.29 is 0 Å². The lowest BCUT2D eigenvalue weighted by Gasteiger charge is -2.20. The van der Waals surface area contributed by atoms with E-state index in [1.807, 2.05) is 0 Å². The maximum Gasteiger partial charge on any atom is 0.0294 e. The van der Waals surface area contributed by atoms with Crippen molar-refractivity contribution in [2.45, 2.75) is 71.9 Å². The quantitative estimate of drug-likeness (QED) is 0.637. The summed E-state index contributed by atoms with van der Waals surface area (Å²) in [5, 5.41) is 3.70. The third-order valence-corrected chi connectivity index (χ3v) is 3.57. The molecule has 1 heteroatoms. The van der Waals surface area contributed by atoms with Crippen LogP contribution in [0.4, 0.5) is 0 Å². The molecule has 0 aliphatic rings. The minimum Gasteiger partial charge on any atom is -0.308 e. The summed E-state index contributed by atoms with van der Waals surface area (Å²) in [6.45, 7) is 8.99. The molecular formula is C17H29N. The molecule has 0 fully saturated rings. The second-order valence-corrected chi connectivity index (χ2v) is 5.55. The fourth-order valence-corrected chi connectivity index (χ4v) is 2.42. The summed E-state index contributed by atoms with van der Waals surface area (Å²) in [5.74, 6) is 0. The minimum absolute atomic E-state index is 0.450. The number of hydrogen-bond acceptors (Lipinski definition) is 1. The molecule has 0 aliphatic heterocycles. The van der Waals surface area contributed by atoms with E-state index in [-0.39, 0.29) is 0 Å². The molecule has 1 aromatic carbocycles. The number of rotatable bonds is 8. The Morgan fingerprint density at radius 3 is 2.56 bits per heavy atom. The standard InChI is InChI=1S/C17H29N/c1-5-6-7-8-11-15(3)18-16(4)17-12-9-10-14(2)13-17/h9-10,12-13,15-16,18H,5-8,11H2,1-4H3/t15?,16-/m1/s1. The van der Waals surface area contributed by atoms with Crippen molar-refractivity contribution in [2.24, 2.45) is 0 Å². The van der Waals surface area contributed by atoms with Crippen molar-refractivity contribution in [3.05, 3.63) is 35.4 Å². The first-order chi connectivity index (χ1) is 8.63. The first-order valence-corrected chi connectivity index (χ1v) is 7.46. The average molecular weight is 247 g/mol. The van der Waals surface area contributed by atoms with Crippen molar-refractivity contribution in [1.82, 2.24) is 5.32 Å². The molecule has 0 aliphatic carbocycles. The van der Waals surface area contributed by atoms with Crippen LogP contribution in [-0.4, -0.2) is 6.04 Å². The maximum atomic E-state index is 3.70. The zero-order valence-electron chi connectivity index (χ0n) is 12.5. The summed E-state index contributed by atoms with van der Waals surface area (Å²) in [7, 11) is 0. The molecule has 0 heterocycles. The van der Waals surface area contributed by atoms with E-state index in [1.54, 1.807) is 0 Å². The predicted molar refractivity (Wildman–Crippen MR) is 81.0 cm³/mol. The van der Waals surface area contributed by atoms with Crippen LogP contribution in [0.3, 0.4) is 0 Å². The fraction of sp³-hybridized carbons (Fsp3) is 0.647. The predicted octanol–water partition coefficient (Wildman–Crippen LogP) is 5.00. The Kier molecular flexibility index (Phi) is 7.04. The molecule has 1 aromatic rings. The molecule has 1 nitrogen and oxygen atoms in total. The minimum atomic E-state index is 0.450. The molecule has 0 radical (unpaired) electrons. The van der Waals surface area contributed by atoms with Gasteiger partial charge in [-0.2, -0.15) is 0 Å². The molecule has 0 bridgehead atoms. The van der Waals surface area contributed by atoms with Crippen molar-refractivity contribution >= 4 is 0 Å². The Morgan fingerprint density at radius 1 is 1.11 bits per heavy atom. The van der Waals surface area contributed by atoms with Gasteiger partial charge in [-0.25, -0.2) is 0 Å². The lowest BCUT2D eigenvalue weighted by atomic mass is 10.0. The van der Waals surface area contributed by atoms with E-state index < -0.39 is 0 Å². The molecule has 1 unspecified atom stereocenters. The Hall–Kier alpha value is -0.820. The van der Waals surface area contributed by atoms with Crippen LogP contribution in [0.1, 0.15) is 70.0 Å². The lowest BCUT2D eigenvalue weighted by molar-refractivity contribution is 0.438. The third kappa shape index (κ3) is 5.68. The number of unbranched alkanes of at least 4 members (excludes halogenated alkanes) is 3. The van der Waals surface area contributed by atoms with E-state index in [9.17, 15) is 0 Å². The molecule has 2 atom stereocenters. The molecule has 0 aromatic heterocycles. The first kappa shape index (κ1) is 15.2. The third-order valence-electron chi connectivity index (χ3n) is 3.57. The summed E-state index contributed by atoms with van der Waals surface area (Å²) >= 11 is 0. The topological polar surface area (TPSA) is 12.0 Å². The summed E-state index contributed by atoms with van der Waals surface area (Å²) in [6, 6.07) is 9.86. The van der Waals surface area contributed by atoms with Crippen molar-refractivity contribution in [3.8, 4) is 0 Å². The lowest BCUT2D eigenvalue weighted by Crippen LogP contribution is -2.28. The van der Waals surface area contributed by atoms with Gasteiger partial charge < -0.3 is 5.32 Å². The second-order valence-electron chi connectivity index (χ2n) is 5.55. The number of nitrogens with one attached hydrogen (secondary N) is 1. The van der Waals surface area contributed by atoms with Gasteiger partial charge in [0.25, 0.3) is 0 Å². The highest BCUT2D eigenvalue weighted by Crippen LogP contribution is 2.15. The zero-order valence-corrected chi connectivity index (χ0v) is 12.5. The van der Waals surface area contributed by atoms with E-state index in [2.05, 4.69) is 57.3 Å². The molecule has 0 amide bonds. The number of benzene rings is 1. The summed E-state index contributed by atoms with van der Waals surface area (Å²) in [4.78, 5) is 0. The van der Waals surface area contributed by atoms with E-state index >= 15 is 0 Å². The van der Waals surface area contributed by atoms with E-state index in [0.717, 1.165) is 0 Å². The van der Waals surface area contributed by atoms with E-state index in [0.29, 0.717) is 12.1 Å². The van der Waals surface area contributed by atoms with Crippen LogP contribution in [0.15, 0.2) is 24.3 Å². The van der Waals surface area contributed by atoms with Crippen molar-refractivity contribution in [2.75, 3.05) is 0 Å². The van der Waals surface area contributed by atoms with Gasteiger partial charge in [0.2, 0.25) is 0 Å². The highest BCUT2D eigenvalue weighted by atomic mass is 14.9. The van der Waals surface area contributed by atoms with Gasteiger partial charge in [0, 0.05) is 12.1 Å². The molecule has 0 saturated heterocycles. The van der Waals surface area contributed by atoms with Gasteiger partial charge >= 0.3 is 0 Å². The fourth-order valence-electron chi connectivity index (χ4n) is 2.42. The molecule has 18 heavy (non-hydrogen) atoms. The second kappa shape index (κ2) is 8.31. The van der Waals surface area contributed by atoms with Gasteiger partial charge in [0.1, 0.15) is 0 Å². The van der Waals surface area contributed by atoms with E-state index in [4.69, 9.17) is 0 Å². The highest BCUT2D eigenvalue weighted by molar-refractivity contribution is 5.24. The molecule has 0 spiro atoms. The van der Waals surface area contributed by atoms with Crippen LogP contribution in [0.25, 0.3) is 0 Å². The van der Waals surface area contributed by atoms with Crippen molar-refractivity contribution in [3.63, 3.8) is 0 Å². The summed E-state index contributed by atoms with van der Waals surface area (Å²) in [5.41, 5.74) is 2.74. The molecule has 102 valence electrons. The van der Waals surface area contributed by atoms with Gasteiger partial charge in [-0.05, 0) is 32.8 Å². The zero-order chi connectivity index (χ0) is 13.4. The first-order valence-electron chi connectivity index (χ1n) is 7.46. The Labute approximate surface area is 113 Å².